The fourth-order valence-electron chi connectivity index (χ4n) is 7.33. The molecular weight excluding hydrogens is 977 g/mol. The zero-order chi connectivity index (χ0) is 51.1. The van der Waals surface area contributed by atoms with Crippen LogP contribution in [0, 0.1) is 128 Å². The predicted octanol–water partition coefficient (Wildman–Crippen LogP) is 8.56. The second kappa shape index (κ2) is 19.4. The molecule has 0 saturated carbocycles. The number of carbonyl (C=O) groups is 1. The van der Waals surface area contributed by atoms with Crippen molar-refractivity contribution in [3.8, 4) is 6.07 Å². The third-order valence-electron chi connectivity index (χ3n) is 10.4. The summed E-state index contributed by atoms with van der Waals surface area (Å²) in [6.45, 7) is 0.285. The molecule has 0 atom stereocenters. The molecule has 7 aromatic rings. The van der Waals surface area contributed by atoms with Gasteiger partial charge in [-0.25, -0.2) is 92.8 Å². The molecule has 1 aromatic heterocycles. The average Bonchev–Trinajstić information content (AvgIpc) is 3.34. The van der Waals surface area contributed by atoms with Gasteiger partial charge in [0.25, 0.3) is 0 Å². The van der Waals surface area contributed by atoms with Crippen molar-refractivity contribution in [1.82, 2.24) is 4.98 Å². The van der Waals surface area contributed by atoms with Crippen LogP contribution in [0.15, 0.2) is 73.2 Å². The maximum absolute atomic E-state index is 15.4. The Hall–Kier alpha value is -7.78. The highest BCUT2D eigenvalue weighted by Gasteiger charge is 2.52. The first-order valence-electron chi connectivity index (χ1n) is 18.6. The summed E-state index contributed by atoms with van der Waals surface area (Å²) in [6.07, 6.45) is -1.17. The number of carbonyl (C=O) groups excluding carboxylic acids is 1. The topological polar surface area (TPSA) is 57.6 Å². The zero-order valence-electron chi connectivity index (χ0n) is 33.2. The minimum atomic E-state index is -7.22. The second-order valence-corrected chi connectivity index (χ2v) is 14.3. The molecule has 0 N–H and O–H groups in total. The van der Waals surface area contributed by atoms with E-state index >= 15 is 35.1 Å². The molecule has 25 heteroatoms. The number of aromatic nitrogens is 2. The summed E-state index contributed by atoms with van der Waals surface area (Å²) >= 11 is 0. The van der Waals surface area contributed by atoms with Gasteiger partial charge in [-0.05, 0) is 17.7 Å². The van der Waals surface area contributed by atoms with Gasteiger partial charge < -0.3 is 0 Å². The SMILES string of the molecule is Fc1c(F)c(F)c([B-](c2c(F)c(F)c(F)c(F)c2F)(c2c(F)c(F)c(F)c(F)c2F)c2c(F)c(F)c(F)c(F)c2F)c(F)c1F.N#Cc1ccc(Cc2c[n+](CC(=O)c3ccccc3)ccn2)cc1. The van der Waals surface area contributed by atoms with E-state index in [1.165, 1.54) is 0 Å². The Balaban J connectivity index is 0.000000273. The molecule has 0 fully saturated rings. The Bertz CT molecular complexity index is 2880. The molecule has 0 radical (unpaired) electrons. The van der Waals surface area contributed by atoms with Crippen LogP contribution in [-0.2, 0) is 13.0 Å². The average molecular weight is 993 g/mol. The lowest BCUT2D eigenvalue weighted by molar-refractivity contribution is -0.684. The van der Waals surface area contributed by atoms with Crippen LogP contribution >= 0.6 is 0 Å². The van der Waals surface area contributed by atoms with Crippen LogP contribution in [0.5, 0.6) is 0 Å². The van der Waals surface area contributed by atoms with Crippen molar-refractivity contribution < 1.29 is 97.2 Å². The molecule has 0 amide bonds. The van der Waals surface area contributed by atoms with E-state index in [0.29, 0.717) is 17.5 Å². The van der Waals surface area contributed by atoms with Crippen molar-refractivity contribution in [2.24, 2.45) is 0 Å². The van der Waals surface area contributed by atoms with Crippen molar-refractivity contribution in [2.45, 2.75) is 13.0 Å². The summed E-state index contributed by atoms with van der Waals surface area (Å²) in [5.41, 5.74) is -11.0. The quantitative estimate of drug-likeness (QED) is 0.0364. The van der Waals surface area contributed by atoms with E-state index in [9.17, 15) is 57.5 Å². The highest BCUT2D eigenvalue weighted by Crippen LogP contribution is 2.31. The van der Waals surface area contributed by atoms with E-state index in [1.54, 1.807) is 24.5 Å². The van der Waals surface area contributed by atoms with Crippen LogP contribution in [0.1, 0.15) is 27.2 Å². The first-order chi connectivity index (χ1) is 32.4. The van der Waals surface area contributed by atoms with E-state index in [-0.39, 0.29) is 12.3 Å². The first kappa shape index (κ1) is 50.6. The molecule has 0 saturated heterocycles. The van der Waals surface area contributed by atoms with Gasteiger partial charge in [0.05, 0.1) is 17.8 Å². The van der Waals surface area contributed by atoms with E-state index in [0.717, 1.165) is 11.3 Å². The molecule has 4 nitrogen and oxygen atoms in total. The number of rotatable bonds is 9. The van der Waals surface area contributed by atoms with E-state index in [4.69, 9.17) is 5.26 Å². The van der Waals surface area contributed by atoms with Crippen molar-refractivity contribution in [2.75, 3.05) is 0 Å². The van der Waals surface area contributed by atoms with Crippen LogP contribution < -0.4 is 26.4 Å². The normalized spacial score (nSPS) is 11.3. The number of benzene rings is 6. The summed E-state index contributed by atoms with van der Waals surface area (Å²) < 4.78 is 296. The number of ketones is 1. The number of nitrogens with zero attached hydrogens (tertiary/aromatic N) is 3. The van der Waals surface area contributed by atoms with Crippen molar-refractivity contribution in [1.29, 1.82) is 5.26 Å². The smallest absolute Gasteiger partial charge is 0.227 e. The van der Waals surface area contributed by atoms with Gasteiger partial charge in [0.2, 0.25) is 12.3 Å². The number of halogens is 20. The molecule has 0 aliphatic rings. The van der Waals surface area contributed by atoms with Gasteiger partial charge in [0, 0.05) is 12.0 Å². The van der Waals surface area contributed by atoms with Crippen LogP contribution in [0.3, 0.4) is 0 Å². The summed E-state index contributed by atoms with van der Waals surface area (Å²) in [5, 5.41) is 8.83. The van der Waals surface area contributed by atoms with Crippen molar-refractivity contribution in [3.63, 3.8) is 0 Å². The van der Waals surface area contributed by atoms with Crippen LogP contribution in [-0.4, -0.2) is 16.9 Å². The maximum atomic E-state index is 15.4. The largest absolute Gasteiger partial charge is 0.287 e. The molecule has 356 valence electrons. The fourth-order valence-corrected chi connectivity index (χ4v) is 7.33. The summed E-state index contributed by atoms with van der Waals surface area (Å²) in [4.78, 5) is 16.6. The van der Waals surface area contributed by atoms with Crippen molar-refractivity contribution >= 4 is 33.8 Å². The minimum absolute atomic E-state index is 0.0659. The zero-order valence-corrected chi connectivity index (χ0v) is 33.2. The van der Waals surface area contributed by atoms with Gasteiger partial charge >= 0.3 is 0 Å². The molecule has 0 bridgehead atoms. The lowest BCUT2D eigenvalue weighted by Gasteiger charge is -2.44. The van der Waals surface area contributed by atoms with Gasteiger partial charge in [-0.2, -0.15) is 9.83 Å². The van der Waals surface area contributed by atoms with E-state index in [1.807, 2.05) is 53.2 Å². The Labute approximate surface area is 371 Å². The summed E-state index contributed by atoms with van der Waals surface area (Å²) in [7, 11) is 0. The molecule has 0 spiro atoms. The maximum Gasteiger partial charge on any atom is 0.227 e. The first-order valence-corrected chi connectivity index (χ1v) is 18.6. The Morgan fingerprint density at radius 2 is 0.783 bits per heavy atom. The monoisotopic (exact) mass is 993 g/mol. The Morgan fingerprint density at radius 3 is 1.10 bits per heavy atom. The van der Waals surface area contributed by atoms with E-state index < -0.39 is 144 Å². The van der Waals surface area contributed by atoms with Gasteiger partial charge in [0.1, 0.15) is 58.4 Å². The Kier molecular flexibility index (Phi) is 14.3. The lowest BCUT2D eigenvalue weighted by atomic mass is 9.12. The van der Waals surface area contributed by atoms with Crippen LogP contribution in [0.25, 0.3) is 0 Å². The molecule has 0 aliphatic carbocycles. The number of Topliss-reactive ketones (excluding diaryl/α,β-unsaturated/α-hetero) is 1. The van der Waals surface area contributed by atoms with Gasteiger partial charge in [-0.15, -0.1) is 21.9 Å². The number of nitriles is 1. The number of hydrogen-bond donors (Lipinski definition) is 0. The Morgan fingerprint density at radius 1 is 0.464 bits per heavy atom. The molecule has 7 rings (SSSR count). The summed E-state index contributed by atoms with van der Waals surface area (Å²) in [5.74, 6) is -71.3. The highest BCUT2D eigenvalue weighted by atomic mass is 19.2. The molecule has 69 heavy (non-hydrogen) atoms. The molecule has 1 heterocycles. The summed E-state index contributed by atoms with van der Waals surface area (Å²) in [6, 6.07) is 18.8. The van der Waals surface area contributed by atoms with Gasteiger partial charge in [0.15, 0.2) is 82.2 Å². The predicted molar refractivity (Wildman–Crippen MR) is 198 cm³/mol. The van der Waals surface area contributed by atoms with Crippen LogP contribution in [0.2, 0.25) is 0 Å². The fraction of sp³-hybridized carbons (Fsp3) is 0.0455. The molecule has 0 aliphatic heterocycles. The van der Waals surface area contributed by atoms with Crippen molar-refractivity contribution in [3.05, 3.63) is 212 Å². The van der Waals surface area contributed by atoms with Crippen LogP contribution in [0.4, 0.5) is 87.8 Å². The highest BCUT2D eigenvalue weighted by molar-refractivity contribution is 7.20. The molecule has 6 aromatic carbocycles. The molecular formula is C44H16BF20N3O. The second-order valence-electron chi connectivity index (χ2n) is 14.3. The third-order valence-corrected chi connectivity index (χ3v) is 10.4. The molecule has 0 unspecified atom stereocenters. The van der Waals surface area contributed by atoms with E-state index in [2.05, 4.69) is 11.1 Å². The van der Waals surface area contributed by atoms with Gasteiger partial charge in [-0.1, -0.05) is 42.5 Å². The number of hydrogen-bond acceptors (Lipinski definition) is 3. The third kappa shape index (κ3) is 8.58. The lowest BCUT2D eigenvalue weighted by Crippen LogP contribution is -2.81. The minimum Gasteiger partial charge on any atom is -0.287 e. The standard InChI is InChI=1S/C24BF20.C20H16N3O/c26-5-1(6(27)14(35)21(42)13(5)34)25(2-7(28)15(36)22(43)16(37)8(2)29,3-9(30)17(38)23(44)18(39)10(3)31)4-11(32)19(40)24(45)20(41)12(4)33;21-13-17-8-6-16(7-9-17)12-19-14-23(11-10-22-19)15-20(24)18-4-2-1-3-5-18/h;1-11,14H,12,15H2/q-1;+1. The van der Waals surface area contributed by atoms with Gasteiger partial charge in [-0.3, -0.25) is 4.79 Å².